The third-order valence-corrected chi connectivity index (χ3v) is 5.63. The first-order chi connectivity index (χ1) is 15.5. The zero-order valence-corrected chi connectivity index (χ0v) is 17.3. The monoisotopic (exact) mass is 428 g/mol. The minimum atomic E-state index is -0.382. The Morgan fingerprint density at radius 2 is 1.44 bits per heavy atom. The van der Waals surface area contributed by atoms with Crippen LogP contribution in [0.25, 0.3) is 11.1 Å². The summed E-state index contributed by atoms with van der Waals surface area (Å²) < 4.78 is 18.6. The molecule has 1 saturated heterocycles. The molecule has 0 atom stereocenters. The van der Waals surface area contributed by atoms with Gasteiger partial charge in [0.1, 0.15) is 11.6 Å². The Bertz CT molecular complexity index is 1140. The van der Waals surface area contributed by atoms with Crippen LogP contribution in [-0.2, 0) is 4.79 Å². The quantitative estimate of drug-likeness (QED) is 0.441. The number of hydrogen-bond acceptors (Lipinski definition) is 4. The number of amides is 1. The smallest absolute Gasteiger partial charge is 0.314 e. The van der Waals surface area contributed by atoms with Crippen LogP contribution in [-0.4, -0.2) is 29.9 Å². The number of ether oxygens (including phenoxy) is 1. The molecule has 0 N–H and O–H groups in total. The number of carbonyl (C=O) groups excluding carboxylic acids is 2. The summed E-state index contributed by atoms with van der Waals surface area (Å²) in [5.74, 6) is -0.643. The van der Waals surface area contributed by atoms with Crippen LogP contribution < -0.4 is 4.74 Å². The Hall–Kier alpha value is -3.98. The fourth-order valence-corrected chi connectivity index (χ4v) is 3.75. The number of benzene rings is 3. The molecule has 160 valence electrons. The molecule has 0 spiro atoms. The summed E-state index contributed by atoms with van der Waals surface area (Å²) in [7, 11) is 0. The molecule has 1 aliphatic heterocycles. The Morgan fingerprint density at radius 3 is 2.00 bits per heavy atom. The molecular formula is C26H21FN2O3. The minimum absolute atomic E-state index is 0.157. The first kappa shape index (κ1) is 21.3. The number of esters is 1. The maximum Gasteiger partial charge on any atom is 0.314 e. The third-order valence-electron chi connectivity index (χ3n) is 5.63. The second-order valence-electron chi connectivity index (χ2n) is 7.71. The van der Waals surface area contributed by atoms with Gasteiger partial charge >= 0.3 is 5.97 Å². The standard InChI is InChI=1S/C26H21FN2O3/c27-23-9-5-21(6-10-23)25(30)29-15-13-22(14-16-29)26(31)32-24-11-7-20(8-12-24)19-3-1-18(17-28)2-4-19/h1-12,22H,13-16H2. The molecule has 0 saturated carbocycles. The zero-order valence-electron chi connectivity index (χ0n) is 17.3. The molecule has 1 heterocycles. The molecule has 6 heteroatoms. The lowest BCUT2D eigenvalue weighted by Crippen LogP contribution is -2.41. The van der Waals surface area contributed by atoms with Crippen molar-refractivity contribution < 1.29 is 18.7 Å². The number of rotatable bonds is 4. The van der Waals surface area contributed by atoms with E-state index >= 15 is 0 Å². The van der Waals surface area contributed by atoms with Crippen LogP contribution in [0.4, 0.5) is 4.39 Å². The van der Waals surface area contributed by atoms with E-state index in [4.69, 9.17) is 10.00 Å². The molecule has 3 aromatic rings. The summed E-state index contributed by atoms with van der Waals surface area (Å²) in [6, 6.07) is 22.1. The van der Waals surface area contributed by atoms with Crippen LogP contribution in [0.5, 0.6) is 5.75 Å². The predicted octanol–water partition coefficient (Wildman–Crippen LogP) is 4.82. The number of piperidine rings is 1. The maximum atomic E-state index is 13.1. The topological polar surface area (TPSA) is 70.4 Å². The minimum Gasteiger partial charge on any atom is -0.426 e. The van der Waals surface area contributed by atoms with Crippen molar-refractivity contribution in [1.29, 1.82) is 5.26 Å². The average molecular weight is 428 g/mol. The Morgan fingerprint density at radius 1 is 0.875 bits per heavy atom. The average Bonchev–Trinajstić information content (AvgIpc) is 2.85. The van der Waals surface area contributed by atoms with Crippen molar-refractivity contribution in [3.63, 3.8) is 0 Å². The fraction of sp³-hybridized carbons (Fsp3) is 0.192. The van der Waals surface area contributed by atoms with E-state index in [2.05, 4.69) is 6.07 Å². The predicted molar refractivity (Wildman–Crippen MR) is 117 cm³/mol. The molecule has 3 aromatic carbocycles. The van der Waals surface area contributed by atoms with E-state index in [1.807, 2.05) is 24.3 Å². The summed E-state index contributed by atoms with van der Waals surface area (Å²) >= 11 is 0. The van der Waals surface area contributed by atoms with Gasteiger partial charge in [-0.1, -0.05) is 24.3 Å². The van der Waals surface area contributed by atoms with E-state index in [9.17, 15) is 14.0 Å². The van der Waals surface area contributed by atoms with Gasteiger partial charge in [-0.05, 0) is 72.5 Å². The van der Waals surface area contributed by atoms with Crippen molar-refractivity contribution in [2.45, 2.75) is 12.8 Å². The van der Waals surface area contributed by atoms with Crippen LogP contribution in [0, 0.1) is 23.1 Å². The highest BCUT2D eigenvalue weighted by molar-refractivity contribution is 5.94. The molecule has 1 aliphatic rings. The van der Waals surface area contributed by atoms with Gasteiger partial charge in [0, 0.05) is 18.7 Å². The first-order valence-electron chi connectivity index (χ1n) is 10.4. The van der Waals surface area contributed by atoms with Gasteiger partial charge in [0.05, 0.1) is 17.6 Å². The summed E-state index contributed by atoms with van der Waals surface area (Å²) in [6.07, 6.45) is 1.05. The lowest BCUT2D eigenvalue weighted by molar-refractivity contribution is -0.140. The Kier molecular flexibility index (Phi) is 6.27. The van der Waals surface area contributed by atoms with E-state index in [-0.39, 0.29) is 23.6 Å². The molecule has 5 nitrogen and oxygen atoms in total. The van der Waals surface area contributed by atoms with Crippen molar-refractivity contribution in [3.05, 3.63) is 89.7 Å². The van der Waals surface area contributed by atoms with E-state index in [0.717, 1.165) is 11.1 Å². The number of halogens is 1. The number of likely N-dealkylation sites (tertiary alicyclic amines) is 1. The van der Waals surface area contributed by atoms with Crippen LogP contribution in [0.1, 0.15) is 28.8 Å². The lowest BCUT2D eigenvalue weighted by Gasteiger charge is -2.31. The first-order valence-corrected chi connectivity index (χ1v) is 10.4. The molecule has 0 radical (unpaired) electrons. The highest BCUT2D eigenvalue weighted by atomic mass is 19.1. The third kappa shape index (κ3) is 4.84. The van der Waals surface area contributed by atoms with Gasteiger partial charge < -0.3 is 9.64 Å². The molecule has 1 fully saturated rings. The van der Waals surface area contributed by atoms with Crippen LogP contribution >= 0.6 is 0 Å². The zero-order chi connectivity index (χ0) is 22.5. The molecule has 0 aliphatic carbocycles. The van der Waals surface area contributed by atoms with Gasteiger partial charge in [0.2, 0.25) is 0 Å². The lowest BCUT2D eigenvalue weighted by atomic mass is 9.96. The van der Waals surface area contributed by atoms with Gasteiger partial charge in [-0.3, -0.25) is 9.59 Å². The molecule has 1 amide bonds. The largest absolute Gasteiger partial charge is 0.426 e. The van der Waals surface area contributed by atoms with Gasteiger partial charge in [0.15, 0.2) is 0 Å². The number of nitrogens with zero attached hydrogens (tertiary/aromatic N) is 2. The van der Waals surface area contributed by atoms with Crippen molar-refractivity contribution in [1.82, 2.24) is 4.90 Å². The molecule has 0 aromatic heterocycles. The van der Waals surface area contributed by atoms with Crippen LogP contribution in [0.15, 0.2) is 72.8 Å². The fourth-order valence-electron chi connectivity index (χ4n) is 3.75. The maximum absolute atomic E-state index is 13.1. The van der Waals surface area contributed by atoms with Gasteiger partial charge in [-0.25, -0.2) is 4.39 Å². The number of nitriles is 1. The second-order valence-corrected chi connectivity index (χ2v) is 7.71. The van der Waals surface area contributed by atoms with E-state index in [1.165, 1.54) is 24.3 Å². The molecule has 0 bridgehead atoms. The van der Waals surface area contributed by atoms with E-state index in [0.29, 0.717) is 42.8 Å². The highest BCUT2D eigenvalue weighted by Crippen LogP contribution is 2.25. The SMILES string of the molecule is N#Cc1ccc(-c2ccc(OC(=O)C3CCN(C(=O)c4ccc(F)cc4)CC3)cc2)cc1. The summed E-state index contributed by atoms with van der Waals surface area (Å²) in [5, 5.41) is 8.90. The molecular weight excluding hydrogens is 407 g/mol. The van der Waals surface area contributed by atoms with Crippen LogP contribution in [0.2, 0.25) is 0 Å². The summed E-state index contributed by atoms with van der Waals surface area (Å²) in [4.78, 5) is 26.8. The molecule has 32 heavy (non-hydrogen) atoms. The number of carbonyl (C=O) groups is 2. The Labute approximate surface area is 185 Å². The van der Waals surface area contributed by atoms with E-state index in [1.54, 1.807) is 29.2 Å². The van der Waals surface area contributed by atoms with Crippen LogP contribution in [0.3, 0.4) is 0 Å². The van der Waals surface area contributed by atoms with Crippen molar-refractivity contribution in [2.75, 3.05) is 13.1 Å². The van der Waals surface area contributed by atoms with Gasteiger partial charge in [0.25, 0.3) is 5.91 Å². The molecule has 4 rings (SSSR count). The summed E-state index contributed by atoms with van der Waals surface area (Å²) in [6.45, 7) is 0.904. The van der Waals surface area contributed by atoms with Gasteiger partial charge in [-0.15, -0.1) is 0 Å². The molecule has 0 unspecified atom stereocenters. The summed E-state index contributed by atoms with van der Waals surface area (Å²) in [5.41, 5.74) is 2.97. The van der Waals surface area contributed by atoms with Crippen molar-refractivity contribution in [3.8, 4) is 22.9 Å². The highest BCUT2D eigenvalue weighted by Gasteiger charge is 2.29. The number of hydrogen-bond donors (Lipinski definition) is 0. The second kappa shape index (κ2) is 9.44. The Balaban J connectivity index is 1.31. The van der Waals surface area contributed by atoms with Gasteiger partial charge in [-0.2, -0.15) is 5.26 Å². The van der Waals surface area contributed by atoms with E-state index < -0.39 is 0 Å². The van der Waals surface area contributed by atoms with Crippen molar-refractivity contribution in [2.24, 2.45) is 5.92 Å². The van der Waals surface area contributed by atoms with Crippen molar-refractivity contribution >= 4 is 11.9 Å². The normalized spacial score (nSPS) is 13.9.